The van der Waals surface area contributed by atoms with Crippen LogP contribution in [0.4, 0.5) is 0 Å². The maximum atomic E-state index is 12.7. The van der Waals surface area contributed by atoms with Crippen molar-refractivity contribution in [2.45, 2.75) is 37.1 Å². The molecule has 1 fully saturated rings. The first-order valence-electron chi connectivity index (χ1n) is 10.0. The number of hydrogen-bond acceptors (Lipinski definition) is 4. The molecule has 1 N–H and O–H groups in total. The summed E-state index contributed by atoms with van der Waals surface area (Å²) in [4.78, 5) is 13.0. The number of nitrogens with zero attached hydrogens (tertiary/aromatic N) is 1. The Morgan fingerprint density at radius 2 is 1.72 bits per heavy atom. The van der Waals surface area contributed by atoms with Gasteiger partial charge in [-0.15, -0.1) is 0 Å². The molecule has 1 atom stereocenters. The minimum atomic E-state index is -3.50. The molecule has 1 aliphatic heterocycles. The zero-order chi connectivity index (χ0) is 20.7. The summed E-state index contributed by atoms with van der Waals surface area (Å²) in [7, 11) is -3.50. The van der Waals surface area contributed by atoms with Crippen LogP contribution in [0.2, 0.25) is 0 Å². The molecule has 1 amide bonds. The average molecular weight is 417 g/mol. The molecular weight excluding hydrogens is 388 g/mol. The number of carbonyl (C=O) groups excluding carboxylic acids is 1. The number of ether oxygens (including phenoxy) is 1. The van der Waals surface area contributed by atoms with E-state index in [1.807, 2.05) is 30.3 Å². The van der Waals surface area contributed by atoms with E-state index in [0.717, 1.165) is 24.0 Å². The maximum absolute atomic E-state index is 12.7. The molecule has 1 saturated heterocycles. The maximum Gasteiger partial charge on any atom is 0.243 e. The molecule has 29 heavy (non-hydrogen) atoms. The quantitative estimate of drug-likeness (QED) is 0.718. The SMILES string of the molecule is CCC[C@H](C(=O)NCc1ccc(S(=O)(=O)N2CCOCC2)cc1)c1ccccc1. The van der Waals surface area contributed by atoms with E-state index in [9.17, 15) is 13.2 Å². The number of hydrogen-bond donors (Lipinski definition) is 1. The van der Waals surface area contributed by atoms with Crippen LogP contribution < -0.4 is 5.32 Å². The normalized spacial score (nSPS) is 16.3. The molecule has 0 unspecified atom stereocenters. The van der Waals surface area contributed by atoms with Gasteiger partial charge in [0.2, 0.25) is 15.9 Å². The number of benzene rings is 2. The highest BCUT2D eigenvalue weighted by atomic mass is 32.2. The van der Waals surface area contributed by atoms with E-state index < -0.39 is 10.0 Å². The molecule has 156 valence electrons. The van der Waals surface area contributed by atoms with E-state index in [0.29, 0.717) is 32.8 Å². The van der Waals surface area contributed by atoms with Gasteiger partial charge in [-0.1, -0.05) is 55.8 Å². The van der Waals surface area contributed by atoms with Crippen molar-refractivity contribution in [3.8, 4) is 0 Å². The molecule has 6 nitrogen and oxygen atoms in total. The van der Waals surface area contributed by atoms with E-state index in [4.69, 9.17) is 4.74 Å². The van der Waals surface area contributed by atoms with Gasteiger partial charge in [-0.25, -0.2) is 8.42 Å². The first kappa shape index (κ1) is 21.5. The molecular formula is C22H28N2O4S. The van der Waals surface area contributed by atoms with E-state index in [-0.39, 0.29) is 16.7 Å². The fraction of sp³-hybridized carbons (Fsp3) is 0.409. The van der Waals surface area contributed by atoms with Crippen molar-refractivity contribution in [3.63, 3.8) is 0 Å². The summed E-state index contributed by atoms with van der Waals surface area (Å²) in [5, 5.41) is 2.99. The van der Waals surface area contributed by atoms with Gasteiger partial charge in [0.15, 0.2) is 0 Å². The number of rotatable bonds is 8. The summed E-state index contributed by atoms with van der Waals surface area (Å²) >= 11 is 0. The van der Waals surface area contributed by atoms with Crippen LogP contribution in [0.3, 0.4) is 0 Å². The molecule has 7 heteroatoms. The molecule has 1 aliphatic rings. The lowest BCUT2D eigenvalue weighted by Crippen LogP contribution is -2.40. The lowest BCUT2D eigenvalue weighted by atomic mass is 9.93. The van der Waals surface area contributed by atoms with Crippen LogP contribution in [0.5, 0.6) is 0 Å². The molecule has 0 saturated carbocycles. The van der Waals surface area contributed by atoms with Crippen molar-refractivity contribution in [2.24, 2.45) is 0 Å². The van der Waals surface area contributed by atoms with Crippen molar-refractivity contribution < 1.29 is 17.9 Å². The molecule has 2 aromatic carbocycles. The number of amides is 1. The van der Waals surface area contributed by atoms with E-state index in [1.165, 1.54) is 4.31 Å². The van der Waals surface area contributed by atoms with Gasteiger partial charge in [0, 0.05) is 19.6 Å². The lowest BCUT2D eigenvalue weighted by molar-refractivity contribution is -0.122. The summed E-state index contributed by atoms with van der Waals surface area (Å²) in [6, 6.07) is 16.5. The van der Waals surface area contributed by atoms with Crippen LogP contribution in [-0.4, -0.2) is 44.9 Å². The molecule has 0 bridgehead atoms. The minimum absolute atomic E-state index is 0.0111. The number of carbonyl (C=O) groups is 1. The number of nitrogens with one attached hydrogen (secondary N) is 1. The van der Waals surface area contributed by atoms with Crippen LogP contribution in [0.1, 0.15) is 36.8 Å². The average Bonchev–Trinajstić information content (AvgIpc) is 2.77. The Bertz CT molecular complexity index is 892. The smallest absolute Gasteiger partial charge is 0.243 e. The predicted octanol–water partition coefficient (Wildman–Crippen LogP) is 2.91. The number of morpholine rings is 1. The van der Waals surface area contributed by atoms with E-state index in [1.54, 1.807) is 24.3 Å². The van der Waals surface area contributed by atoms with Crippen molar-refractivity contribution in [2.75, 3.05) is 26.3 Å². The third kappa shape index (κ3) is 5.44. The van der Waals surface area contributed by atoms with Crippen LogP contribution >= 0.6 is 0 Å². The van der Waals surface area contributed by atoms with Gasteiger partial charge < -0.3 is 10.1 Å². The van der Waals surface area contributed by atoms with Crippen molar-refractivity contribution >= 4 is 15.9 Å². The fourth-order valence-electron chi connectivity index (χ4n) is 3.45. The van der Waals surface area contributed by atoms with Gasteiger partial charge in [0.25, 0.3) is 0 Å². The highest BCUT2D eigenvalue weighted by molar-refractivity contribution is 7.89. The van der Waals surface area contributed by atoms with Gasteiger partial charge in [0.1, 0.15) is 0 Å². The van der Waals surface area contributed by atoms with E-state index in [2.05, 4.69) is 12.2 Å². The predicted molar refractivity (Wildman–Crippen MR) is 112 cm³/mol. The summed E-state index contributed by atoms with van der Waals surface area (Å²) in [6.07, 6.45) is 1.70. The van der Waals surface area contributed by atoms with Gasteiger partial charge >= 0.3 is 0 Å². The molecule has 0 aromatic heterocycles. The Morgan fingerprint density at radius 1 is 1.07 bits per heavy atom. The first-order valence-corrected chi connectivity index (χ1v) is 11.5. The third-order valence-electron chi connectivity index (χ3n) is 5.09. The Morgan fingerprint density at radius 3 is 2.34 bits per heavy atom. The molecule has 0 aliphatic carbocycles. The molecule has 0 radical (unpaired) electrons. The zero-order valence-electron chi connectivity index (χ0n) is 16.7. The fourth-order valence-corrected chi connectivity index (χ4v) is 4.86. The molecule has 3 rings (SSSR count). The van der Waals surface area contributed by atoms with Crippen LogP contribution in [0, 0.1) is 0 Å². The van der Waals surface area contributed by atoms with Crippen LogP contribution in [-0.2, 0) is 26.1 Å². The molecule has 0 spiro atoms. The second kappa shape index (κ2) is 10.0. The first-order chi connectivity index (χ1) is 14.0. The third-order valence-corrected chi connectivity index (χ3v) is 7.01. The molecule has 1 heterocycles. The second-order valence-corrected chi connectivity index (χ2v) is 9.07. The minimum Gasteiger partial charge on any atom is -0.379 e. The van der Waals surface area contributed by atoms with E-state index >= 15 is 0 Å². The van der Waals surface area contributed by atoms with Crippen LogP contribution in [0.25, 0.3) is 0 Å². The zero-order valence-corrected chi connectivity index (χ0v) is 17.5. The highest BCUT2D eigenvalue weighted by Gasteiger charge is 2.26. The Kier molecular flexibility index (Phi) is 7.41. The van der Waals surface area contributed by atoms with Gasteiger partial charge in [-0.3, -0.25) is 4.79 Å². The van der Waals surface area contributed by atoms with Gasteiger partial charge in [-0.05, 0) is 29.7 Å². The van der Waals surface area contributed by atoms with Crippen LogP contribution in [0.15, 0.2) is 59.5 Å². The van der Waals surface area contributed by atoms with Crippen molar-refractivity contribution in [1.29, 1.82) is 0 Å². The summed E-state index contributed by atoms with van der Waals surface area (Å²) < 4.78 is 32.0. The summed E-state index contributed by atoms with van der Waals surface area (Å²) in [5.41, 5.74) is 1.88. The lowest BCUT2D eigenvalue weighted by Gasteiger charge is -2.26. The second-order valence-electron chi connectivity index (χ2n) is 7.13. The monoisotopic (exact) mass is 416 g/mol. The van der Waals surface area contributed by atoms with Gasteiger partial charge in [-0.2, -0.15) is 4.31 Å². The topological polar surface area (TPSA) is 75.7 Å². The summed E-state index contributed by atoms with van der Waals surface area (Å²) in [5.74, 6) is -0.190. The van der Waals surface area contributed by atoms with Crippen molar-refractivity contribution in [1.82, 2.24) is 9.62 Å². The Labute approximate surface area is 172 Å². The largest absolute Gasteiger partial charge is 0.379 e. The van der Waals surface area contributed by atoms with Crippen molar-refractivity contribution in [3.05, 3.63) is 65.7 Å². The Hall–Kier alpha value is -2.22. The Balaban J connectivity index is 1.63. The van der Waals surface area contributed by atoms with Gasteiger partial charge in [0.05, 0.1) is 24.0 Å². The standard InChI is InChI=1S/C22H28N2O4S/c1-2-6-21(19-7-4-3-5-8-19)22(25)23-17-18-9-11-20(12-10-18)29(26,27)24-13-15-28-16-14-24/h3-5,7-12,21H,2,6,13-17H2,1H3,(H,23,25)/t21-/m0/s1. The molecule has 2 aromatic rings. The summed E-state index contributed by atoms with van der Waals surface area (Å²) in [6.45, 7) is 4.02. The number of sulfonamides is 1. The highest BCUT2D eigenvalue weighted by Crippen LogP contribution is 2.22.